The van der Waals surface area contributed by atoms with E-state index in [0.29, 0.717) is 27.3 Å². The largest absolute Gasteiger partial charge is 0.289 e. The van der Waals surface area contributed by atoms with Gasteiger partial charge in [-0.3, -0.25) is 9.78 Å². The first-order chi connectivity index (χ1) is 9.24. The maximum atomic E-state index is 12.3. The van der Waals surface area contributed by atoms with Crippen molar-refractivity contribution in [3.63, 3.8) is 0 Å². The highest BCUT2D eigenvalue weighted by molar-refractivity contribution is 6.29. The molecule has 0 aliphatic rings. The summed E-state index contributed by atoms with van der Waals surface area (Å²) >= 11 is 5.81. The number of ketones is 1. The fourth-order valence-electron chi connectivity index (χ4n) is 1.89. The fourth-order valence-corrected chi connectivity index (χ4v) is 2.03. The Bertz CT molecular complexity index is 756. The van der Waals surface area contributed by atoms with Gasteiger partial charge in [-0.15, -0.1) is 0 Å². The summed E-state index contributed by atoms with van der Waals surface area (Å²) in [5.41, 5.74) is 2.57. The molecule has 0 N–H and O–H groups in total. The van der Waals surface area contributed by atoms with E-state index < -0.39 is 0 Å². The van der Waals surface area contributed by atoms with Gasteiger partial charge in [-0.1, -0.05) is 41.9 Å². The smallest absolute Gasteiger partial charge is 0.193 e. The van der Waals surface area contributed by atoms with Crippen LogP contribution in [0.4, 0.5) is 0 Å². The molecule has 0 aliphatic carbocycles. The monoisotopic (exact) mass is 268 g/mol. The molecule has 19 heavy (non-hydrogen) atoms. The topological polar surface area (TPSA) is 42.9 Å². The first-order valence-corrected chi connectivity index (χ1v) is 6.14. The Hall–Kier alpha value is -2.26. The van der Waals surface area contributed by atoms with Crippen molar-refractivity contribution in [2.24, 2.45) is 0 Å². The SMILES string of the molecule is O=C(c1ccccc1)c1ccc2ncc(Cl)nc2c1. The van der Waals surface area contributed by atoms with E-state index in [0.717, 1.165) is 0 Å². The zero-order chi connectivity index (χ0) is 13.2. The quantitative estimate of drug-likeness (QED) is 0.668. The van der Waals surface area contributed by atoms with Gasteiger partial charge in [0.25, 0.3) is 0 Å². The van der Waals surface area contributed by atoms with Crippen LogP contribution >= 0.6 is 11.6 Å². The number of rotatable bonds is 2. The predicted molar refractivity (Wildman–Crippen MR) is 74.4 cm³/mol. The second-order valence-corrected chi connectivity index (χ2v) is 4.48. The van der Waals surface area contributed by atoms with Crippen LogP contribution in [-0.2, 0) is 0 Å². The molecule has 0 saturated heterocycles. The second-order valence-electron chi connectivity index (χ2n) is 4.09. The van der Waals surface area contributed by atoms with Crippen LogP contribution in [0.5, 0.6) is 0 Å². The van der Waals surface area contributed by atoms with Crippen molar-refractivity contribution in [3.8, 4) is 0 Å². The Morgan fingerprint density at radius 1 is 0.947 bits per heavy atom. The van der Waals surface area contributed by atoms with Crippen molar-refractivity contribution < 1.29 is 4.79 Å². The summed E-state index contributed by atoms with van der Waals surface area (Å²) in [6.45, 7) is 0. The second kappa shape index (κ2) is 4.78. The number of hydrogen-bond acceptors (Lipinski definition) is 3. The van der Waals surface area contributed by atoms with Gasteiger partial charge in [-0.2, -0.15) is 0 Å². The molecule has 0 bridgehead atoms. The third kappa shape index (κ3) is 2.33. The molecule has 2 aromatic carbocycles. The number of fused-ring (bicyclic) bond motifs is 1. The van der Waals surface area contributed by atoms with E-state index in [4.69, 9.17) is 11.6 Å². The van der Waals surface area contributed by atoms with Crippen molar-refractivity contribution in [2.75, 3.05) is 0 Å². The number of nitrogens with zero attached hydrogens (tertiary/aromatic N) is 2. The average Bonchev–Trinajstić information content (AvgIpc) is 2.46. The van der Waals surface area contributed by atoms with Crippen molar-refractivity contribution in [1.82, 2.24) is 9.97 Å². The van der Waals surface area contributed by atoms with E-state index in [-0.39, 0.29) is 5.78 Å². The zero-order valence-electron chi connectivity index (χ0n) is 9.88. The molecule has 4 heteroatoms. The maximum absolute atomic E-state index is 12.3. The number of halogens is 1. The minimum absolute atomic E-state index is 0.0377. The lowest BCUT2D eigenvalue weighted by Gasteiger charge is -2.03. The lowest BCUT2D eigenvalue weighted by Crippen LogP contribution is -2.01. The lowest BCUT2D eigenvalue weighted by atomic mass is 10.0. The third-order valence-corrected chi connectivity index (χ3v) is 2.99. The molecule has 0 atom stereocenters. The minimum Gasteiger partial charge on any atom is -0.289 e. The number of carbonyl (C=O) groups excluding carboxylic acids is 1. The molecule has 0 fully saturated rings. The van der Waals surface area contributed by atoms with Crippen LogP contribution in [0.1, 0.15) is 15.9 Å². The van der Waals surface area contributed by atoms with Gasteiger partial charge < -0.3 is 0 Å². The normalized spacial score (nSPS) is 10.6. The van der Waals surface area contributed by atoms with Crippen molar-refractivity contribution >= 4 is 28.4 Å². The molecule has 1 aromatic heterocycles. The van der Waals surface area contributed by atoms with Crippen LogP contribution in [0, 0.1) is 0 Å². The summed E-state index contributed by atoms with van der Waals surface area (Å²) in [4.78, 5) is 20.6. The number of aromatic nitrogens is 2. The van der Waals surface area contributed by atoms with Gasteiger partial charge in [-0.05, 0) is 18.2 Å². The highest BCUT2D eigenvalue weighted by Gasteiger charge is 2.09. The number of carbonyl (C=O) groups is 1. The first kappa shape index (κ1) is 11.8. The van der Waals surface area contributed by atoms with E-state index >= 15 is 0 Å². The Balaban J connectivity index is 2.08. The summed E-state index contributed by atoms with van der Waals surface area (Å²) in [5.74, 6) is -0.0377. The molecular weight excluding hydrogens is 260 g/mol. The molecule has 92 valence electrons. The van der Waals surface area contributed by atoms with Crippen LogP contribution in [0.25, 0.3) is 11.0 Å². The molecule has 1 heterocycles. The first-order valence-electron chi connectivity index (χ1n) is 5.76. The van der Waals surface area contributed by atoms with E-state index in [1.54, 1.807) is 30.3 Å². The lowest BCUT2D eigenvalue weighted by molar-refractivity contribution is 0.103. The molecule has 0 amide bonds. The Morgan fingerprint density at radius 3 is 2.53 bits per heavy atom. The molecule has 3 nitrogen and oxygen atoms in total. The summed E-state index contributed by atoms with van der Waals surface area (Å²) < 4.78 is 0. The van der Waals surface area contributed by atoms with Crippen LogP contribution in [0.15, 0.2) is 54.7 Å². The molecule has 0 saturated carbocycles. The molecule has 0 unspecified atom stereocenters. The summed E-state index contributed by atoms with van der Waals surface area (Å²) in [6.07, 6.45) is 1.49. The van der Waals surface area contributed by atoms with E-state index in [1.807, 2.05) is 18.2 Å². The molecule has 0 spiro atoms. The van der Waals surface area contributed by atoms with E-state index in [2.05, 4.69) is 9.97 Å². The van der Waals surface area contributed by atoms with Gasteiger partial charge in [0.2, 0.25) is 0 Å². The average molecular weight is 269 g/mol. The maximum Gasteiger partial charge on any atom is 0.193 e. The summed E-state index contributed by atoms with van der Waals surface area (Å²) in [5, 5.41) is 0.316. The Morgan fingerprint density at radius 2 is 1.74 bits per heavy atom. The summed E-state index contributed by atoms with van der Waals surface area (Å²) in [7, 11) is 0. The highest BCUT2D eigenvalue weighted by Crippen LogP contribution is 2.17. The Labute approximate surface area is 114 Å². The minimum atomic E-state index is -0.0377. The van der Waals surface area contributed by atoms with Crippen LogP contribution < -0.4 is 0 Å². The van der Waals surface area contributed by atoms with Gasteiger partial charge >= 0.3 is 0 Å². The highest BCUT2D eigenvalue weighted by atomic mass is 35.5. The van der Waals surface area contributed by atoms with Crippen LogP contribution in [-0.4, -0.2) is 15.8 Å². The molecule has 3 rings (SSSR count). The van der Waals surface area contributed by atoms with Crippen molar-refractivity contribution in [1.29, 1.82) is 0 Å². The number of benzene rings is 2. The molecule has 3 aromatic rings. The van der Waals surface area contributed by atoms with Gasteiger partial charge in [0.1, 0.15) is 5.15 Å². The fraction of sp³-hybridized carbons (Fsp3) is 0. The molecule has 0 radical (unpaired) electrons. The standard InChI is InChI=1S/C15H9ClN2O/c16-14-9-17-12-7-6-11(8-13(12)18-14)15(19)10-4-2-1-3-5-10/h1-9H. The van der Waals surface area contributed by atoms with E-state index in [1.165, 1.54) is 6.20 Å². The van der Waals surface area contributed by atoms with Crippen LogP contribution in [0.3, 0.4) is 0 Å². The number of hydrogen-bond donors (Lipinski definition) is 0. The Kier molecular flexibility index (Phi) is 2.97. The summed E-state index contributed by atoms with van der Waals surface area (Å²) in [6, 6.07) is 14.4. The van der Waals surface area contributed by atoms with Gasteiger partial charge in [0.15, 0.2) is 5.78 Å². The molecular formula is C15H9ClN2O. The van der Waals surface area contributed by atoms with Crippen molar-refractivity contribution in [2.45, 2.75) is 0 Å². The molecule has 0 aliphatic heterocycles. The van der Waals surface area contributed by atoms with Gasteiger partial charge in [0, 0.05) is 11.1 Å². The van der Waals surface area contributed by atoms with Crippen LogP contribution in [0.2, 0.25) is 5.15 Å². The van der Waals surface area contributed by atoms with E-state index in [9.17, 15) is 4.79 Å². The third-order valence-electron chi connectivity index (χ3n) is 2.81. The zero-order valence-corrected chi connectivity index (χ0v) is 10.6. The van der Waals surface area contributed by atoms with Gasteiger partial charge in [-0.25, -0.2) is 4.98 Å². The van der Waals surface area contributed by atoms with Crippen molar-refractivity contribution in [3.05, 3.63) is 71.0 Å². The van der Waals surface area contributed by atoms with Gasteiger partial charge in [0.05, 0.1) is 17.2 Å². The predicted octanol–water partition coefficient (Wildman–Crippen LogP) is 3.51.